The SMILES string of the molecule is O=c1c(Nc2ccccc2)c(OF)c1=O. The van der Waals surface area contributed by atoms with Crippen molar-refractivity contribution in [3.63, 3.8) is 0 Å². The first-order valence-corrected chi connectivity index (χ1v) is 4.18. The summed E-state index contributed by atoms with van der Waals surface area (Å²) in [5.74, 6) is -0.566. The van der Waals surface area contributed by atoms with Crippen molar-refractivity contribution in [1.82, 2.24) is 0 Å². The zero-order valence-electron chi connectivity index (χ0n) is 7.49. The van der Waals surface area contributed by atoms with Crippen LogP contribution in [-0.2, 0) is 0 Å². The molecule has 1 N–H and O–H groups in total. The molecule has 0 bridgehead atoms. The number of hydrogen-bond donors (Lipinski definition) is 1. The van der Waals surface area contributed by atoms with E-state index in [4.69, 9.17) is 0 Å². The van der Waals surface area contributed by atoms with E-state index in [9.17, 15) is 14.1 Å². The molecule has 0 heterocycles. The van der Waals surface area contributed by atoms with Gasteiger partial charge in [0.2, 0.25) is 0 Å². The second-order valence-corrected chi connectivity index (χ2v) is 2.93. The summed E-state index contributed by atoms with van der Waals surface area (Å²) in [6.07, 6.45) is 0. The molecule has 0 atom stereocenters. The molecule has 0 unspecified atom stereocenters. The molecular formula is C10H6FNO3. The van der Waals surface area contributed by atoms with E-state index in [1.807, 2.05) is 0 Å². The molecule has 0 aliphatic carbocycles. The van der Waals surface area contributed by atoms with Gasteiger partial charge in [-0.1, -0.05) is 18.2 Å². The van der Waals surface area contributed by atoms with Crippen LogP contribution in [0.1, 0.15) is 0 Å². The molecule has 2 aromatic carbocycles. The van der Waals surface area contributed by atoms with Crippen molar-refractivity contribution in [2.24, 2.45) is 0 Å². The zero-order chi connectivity index (χ0) is 10.8. The van der Waals surface area contributed by atoms with Crippen LogP contribution in [0.25, 0.3) is 0 Å². The van der Waals surface area contributed by atoms with Crippen LogP contribution in [0.5, 0.6) is 5.75 Å². The van der Waals surface area contributed by atoms with Crippen molar-refractivity contribution in [3.8, 4) is 5.75 Å². The molecule has 0 saturated carbocycles. The number of para-hydroxylation sites is 1. The van der Waals surface area contributed by atoms with Crippen LogP contribution in [0.3, 0.4) is 0 Å². The summed E-state index contributed by atoms with van der Waals surface area (Å²) in [6.45, 7) is 0. The van der Waals surface area contributed by atoms with Crippen LogP contribution in [0, 0.1) is 0 Å². The standard InChI is InChI=1S/C10H6FNO3/c11-15-10-7(8(13)9(10)14)12-6-4-2-1-3-5-6/h1-5,12H. The van der Waals surface area contributed by atoms with Gasteiger partial charge in [0.1, 0.15) is 5.69 Å². The molecular weight excluding hydrogens is 201 g/mol. The van der Waals surface area contributed by atoms with Gasteiger partial charge in [-0.2, -0.15) is 0 Å². The quantitative estimate of drug-likeness (QED) is 0.770. The Bertz CT molecular complexity index is 543. The summed E-state index contributed by atoms with van der Waals surface area (Å²) < 4.78 is 11.8. The Kier molecular flexibility index (Phi) is 2.21. The predicted octanol–water partition coefficient (Wildman–Crippen LogP) is 1.29. The van der Waals surface area contributed by atoms with E-state index in [1.165, 1.54) is 0 Å². The monoisotopic (exact) mass is 207 g/mol. The molecule has 76 valence electrons. The minimum absolute atomic E-state index is 0.145. The fourth-order valence-electron chi connectivity index (χ4n) is 1.22. The largest absolute Gasteiger partial charge is 0.349 e. The van der Waals surface area contributed by atoms with Gasteiger partial charge < -0.3 is 5.32 Å². The van der Waals surface area contributed by atoms with Gasteiger partial charge in [-0.15, -0.1) is 0 Å². The summed E-state index contributed by atoms with van der Waals surface area (Å²) in [5, 5.41) is 2.60. The first-order chi connectivity index (χ1) is 7.24. The predicted molar refractivity (Wildman–Crippen MR) is 52.8 cm³/mol. The Morgan fingerprint density at radius 2 is 1.73 bits per heavy atom. The molecule has 15 heavy (non-hydrogen) atoms. The van der Waals surface area contributed by atoms with Crippen LogP contribution in [0.2, 0.25) is 0 Å². The number of halogens is 1. The van der Waals surface area contributed by atoms with Crippen molar-refractivity contribution in [3.05, 3.63) is 50.8 Å². The lowest BCUT2D eigenvalue weighted by Gasteiger charge is -2.08. The summed E-state index contributed by atoms with van der Waals surface area (Å²) in [7, 11) is 0. The Morgan fingerprint density at radius 3 is 2.33 bits per heavy atom. The normalized spacial score (nSPS) is 10.2. The number of benzene rings is 1. The van der Waals surface area contributed by atoms with Crippen molar-refractivity contribution >= 4 is 11.4 Å². The Labute approximate surface area is 83.5 Å². The maximum atomic E-state index is 11.8. The second-order valence-electron chi connectivity index (χ2n) is 2.93. The fraction of sp³-hybridized carbons (Fsp3) is 0. The van der Waals surface area contributed by atoms with Crippen LogP contribution < -0.4 is 21.1 Å². The van der Waals surface area contributed by atoms with E-state index in [0.29, 0.717) is 5.69 Å². The van der Waals surface area contributed by atoms with Gasteiger partial charge in [0.05, 0.1) is 0 Å². The van der Waals surface area contributed by atoms with Crippen LogP contribution in [-0.4, -0.2) is 0 Å². The first kappa shape index (κ1) is 9.39. The van der Waals surface area contributed by atoms with E-state index >= 15 is 0 Å². The van der Waals surface area contributed by atoms with E-state index in [1.54, 1.807) is 30.3 Å². The molecule has 4 nitrogen and oxygen atoms in total. The Balaban J connectivity index is 2.30. The second kappa shape index (κ2) is 3.53. The third-order valence-corrected chi connectivity index (χ3v) is 1.99. The highest BCUT2D eigenvalue weighted by atomic mass is 19.3. The lowest BCUT2D eigenvalue weighted by molar-refractivity contribution is -0.00801. The van der Waals surface area contributed by atoms with Gasteiger partial charge in [0.25, 0.3) is 16.6 Å². The fourth-order valence-corrected chi connectivity index (χ4v) is 1.22. The molecule has 5 heteroatoms. The summed E-state index contributed by atoms with van der Waals surface area (Å²) >= 11 is 0. The number of rotatable bonds is 3. The minimum Gasteiger partial charge on any atom is -0.349 e. The molecule has 0 aliphatic rings. The highest BCUT2D eigenvalue weighted by Crippen LogP contribution is 2.22. The van der Waals surface area contributed by atoms with Crippen LogP contribution >= 0.6 is 0 Å². The average Bonchev–Trinajstić information content (AvgIpc) is 2.29. The van der Waals surface area contributed by atoms with Gasteiger partial charge in [-0.25, -0.2) is 0 Å². The summed E-state index contributed by atoms with van der Waals surface area (Å²) in [4.78, 5) is 25.1. The van der Waals surface area contributed by atoms with Crippen molar-refractivity contribution in [2.45, 2.75) is 0 Å². The number of hydrogen-bond acceptors (Lipinski definition) is 4. The Morgan fingerprint density at radius 1 is 1.07 bits per heavy atom. The molecule has 0 saturated heterocycles. The van der Waals surface area contributed by atoms with Crippen molar-refractivity contribution in [2.75, 3.05) is 5.32 Å². The summed E-state index contributed by atoms with van der Waals surface area (Å²) in [6, 6.07) is 8.63. The van der Waals surface area contributed by atoms with Gasteiger partial charge in [-0.3, -0.25) is 14.5 Å². The van der Waals surface area contributed by atoms with E-state index in [-0.39, 0.29) is 5.69 Å². The molecule has 2 rings (SSSR count). The smallest absolute Gasteiger partial charge is 0.276 e. The molecule has 0 spiro atoms. The minimum atomic E-state index is -0.948. The van der Waals surface area contributed by atoms with E-state index in [2.05, 4.69) is 10.3 Å². The molecule has 0 amide bonds. The third kappa shape index (κ3) is 1.48. The topological polar surface area (TPSA) is 55.4 Å². The zero-order valence-corrected chi connectivity index (χ0v) is 7.49. The number of nitrogens with one attached hydrogen (secondary N) is 1. The maximum Gasteiger partial charge on any atom is 0.276 e. The van der Waals surface area contributed by atoms with E-state index < -0.39 is 16.6 Å². The lowest BCUT2D eigenvalue weighted by atomic mass is 10.2. The van der Waals surface area contributed by atoms with Crippen LogP contribution in [0.15, 0.2) is 39.9 Å². The summed E-state index contributed by atoms with van der Waals surface area (Å²) in [5.41, 5.74) is -1.28. The molecule has 2 aromatic rings. The molecule has 0 fully saturated rings. The van der Waals surface area contributed by atoms with Gasteiger partial charge in [0.15, 0.2) is 0 Å². The van der Waals surface area contributed by atoms with Gasteiger partial charge in [0, 0.05) is 10.2 Å². The van der Waals surface area contributed by atoms with Crippen molar-refractivity contribution < 1.29 is 9.47 Å². The van der Waals surface area contributed by atoms with Gasteiger partial charge >= 0.3 is 0 Å². The van der Waals surface area contributed by atoms with Crippen LogP contribution in [0.4, 0.5) is 15.9 Å². The van der Waals surface area contributed by atoms with Crippen molar-refractivity contribution in [1.29, 1.82) is 0 Å². The average molecular weight is 207 g/mol. The third-order valence-electron chi connectivity index (χ3n) is 1.99. The van der Waals surface area contributed by atoms with E-state index in [0.717, 1.165) is 0 Å². The Hall–Kier alpha value is -2.17. The highest BCUT2D eigenvalue weighted by Gasteiger charge is 2.23. The number of anilines is 2. The highest BCUT2D eigenvalue weighted by molar-refractivity contribution is 5.69. The molecule has 0 radical (unpaired) electrons. The lowest BCUT2D eigenvalue weighted by Crippen LogP contribution is -2.33. The first-order valence-electron chi connectivity index (χ1n) is 4.18. The molecule has 0 aromatic heterocycles. The van der Waals surface area contributed by atoms with Gasteiger partial charge in [-0.05, 0) is 12.1 Å². The maximum absolute atomic E-state index is 11.8. The molecule has 0 aliphatic heterocycles.